The first kappa shape index (κ1) is 15.6. The molecule has 1 unspecified atom stereocenters. The van der Waals surface area contributed by atoms with Gasteiger partial charge in [-0.2, -0.15) is 0 Å². The molecule has 0 aromatic carbocycles. The van der Waals surface area contributed by atoms with Crippen molar-refractivity contribution in [3.05, 3.63) is 0 Å². The third kappa shape index (κ3) is 4.17. The van der Waals surface area contributed by atoms with Crippen molar-refractivity contribution < 1.29 is 14.4 Å². The number of hydrogen-bond acceptors (Lipinski definition) is 3. The van der Waals surface area contributed by atoms with Crippen molar-refractivity contribution in [1.82, 2.24) is 9.80 Å². The molecule has 0 saturated carbocycles. The minimum Gasteiger partial charge on any atom is -0.275 e. The number of urea groups is 1. The summed E-state index contributed by atoms with van der Waals surface area (Å²) in [4.78, 5) is 37.1. The third-order valence-corrected chi connectivity index (χ3v) is 2.62. The Hall–Kier alpha value is -1.39. The van der Waals surface area contributed by atoms with Crippen LogP contribution in [0, 0.1) is 0 Å². The molecule has 0 radical (unpaired) electrons. The summed E-state index contributed by atoms with van der Waals surface area (Å²) < 4.78 is 0. The Morgan fingerprint density at radius 3 is 1.88 bits per heavy atom. The summed E-state index contributed by atoms with van der Waals surface area (Å²) in [6, 6.07) is -0.702. The molecule has 0 fully saturated rings. The maximum absolute atomic E-state index is 12.1. The zero-order valence-electron chi connectivity index (χ0n) is 11.3. The number of rotatable bonds is 4. The molecule has 5 heteroatoms. The summed E-state index contributed by atoms with van der Waals surface area (Å²) in [7, 11) is 0. The Balaban J connectivity index is 4.99. The predicted octanol–water partition coefficient (Wildman–Crippen LogP) is 2.01. The molecule has 0 N–H and O–H groups in total. The van der Waals surface area contributed by atoms with Gasteiger partial charge in [0.05, 0.1) is 0 Å². The van der Waals surface area contributed by atoms with Gasteiger partial charge >= 0.3 is 6.03 Å². The van der Waals surface area contributed by atoms with Gasteiger partial charge in [0.1, 0.15) is 0 Å². The van der Waals surface area contributed by atoms with Gasteiger partial charge in [-0.05, 0) is 20.3 Å². The smallest absolute Gasteiger partial charge is 0.275 e. The van der Waals surface area contributed by atoms with Gasteiger partial charge in [0.25, 0.3) is 0 Å². The van der Waals surface area contributed by atoms with Crippen molar-refractivity contribution in [3.63, 3.8) is 0 Å². The summed E-state index contributed by atoms with van der Waals surface area (Å²) in [5, 5.41) is 0. The highest BCUT2D eigenvalue weighted by molar-refractivity contribution is 6.01. The van der Waals surface area contributed by atoms with Crippen LogP contribution in [0.2, 0.25) is 0 Å². The molecule has 0 aromatic rings. The molecule has 5 nitrogen and oxygen atoms in total. The first-order valence-electron chi connectivity index (χ1n) is 5.98. The van der Waals surface area contributed by atoms with Crippen molar-refractivity contribution in [2.75, 3.05) is 6.54 Å². The molecule has 0 bridgehead atoms. The SMILES string of the molecule is CCCC(C)N(C(C)=O)C(=O)N(CC)C(C)=O. The van der Waals surface area contributed by atoms with Gasteiger partial charge in [0.2, 0.25) is 11.8 Å². The Bertz CT molecular complexity index is 302. The van der Waals surface area contributed by atoms with Crippen molar-refractivity contribution >= 4 is 17.8 Å². The van der Waals surface area contributed by atoms with Gasteiger partial charge in [-0.15, -0.1) is 0 Å². The second-order valence-corrected chi connectivity index (χ2v) is 4.07. The van der Waals surface area contributed by atoms with Crippen LogP contribution in [0.3, 0.4) is 0 Å². The second kappa shape index (κ2) is 7.04. The van der Waals surface area contributed by atoms with E-state index in [1.807, 2.05) is 13.8 Å². The van der Waals surface area contributed by atoms with E-state index in [0.717, 1.165) is 22.6 Å². The number of hydrogen-bond donors (Lipinski definition) is 0. The Morgan fingerprint density at radius 1 is 1.06 bits per heavy atom. The fraction of sp³-hybridized carbons (Fsp3) is 0.750. The van der Waals surface area contributed by atoms with Gasteiger partial charge in [-0.1, -0.05) is 13.3 Å². The van der Waals surface area contributed by atoms with Crippen LogP contribution in [-0.4, -0.2) is 40.2 Å². The summed E-state index contributed by atoms with van der Waals surface area (Å²) in [5.41, 5.74) is 0. The largest absolute Gasteiger partial charge is 0.333 e. The quantitative estimate of drug-likeness (QED) is 0.757. The maximum atomic E-state index is 12.1. The van der Waals surface area contributed by atoms with Gasteiger partial charge in [-0.3, -0.25) is 19.4 Å². The van der Waals surface area contributed by atoms with E-state index in [0.29, 0.717) is 0 Å². The molecule has 0 aliphatic heterocycles. The molecular formula is C12H22N2O3. The lowest BCUT2D eigenvalue weighted by molar-refractivity contribution is -0.130. The van der Waals surface area contributed by atoms with E-state index in [-0.39, 0.29) is 24.4 Å². The average molecular weight is 242 g/mol. The van der Waals surface area contributed by atoms with Crippen molar-refractivity contribution in [3.8, 4) is 0 Å². The zero-order chi connectivity index (χ0) is 13.6. The van der Waals surface area contributed by atoms with Crippen LogP contribution in [0.25, 0.3) is 0 Å². The van der Waals surface area contributed by atoms with E-state index in [4.69, 9.17) is 0 Å². The zero-order valence-corrected chi connectivity index (χ0v) is 11.3. The molecule has 0 heterocycles. The van der Waals surface area contributed by atoms with Crippen LogP contribution >= 0.6 is 0 Å². The summed E-state index contributed by atoms with van der Waals surface area (Å²) in [6.07, 6.45) is 1.62. The van der Waals surface area contributed by atoms with Crippen molar-refractivity contribution in [2.24, 2.45) is 0 Å². The maximum Gasteiger partial charge on any atom is 0.333 e. The number of carbonyl (C=O) groups is 3. The van der Waals surface area contributed by atoms with E-state index >= 15 is 0 Å². The van der Waals surface area contributed by atoms with Gasteiger partial charge < -0.3 is 0 Å². The van der Waals surface area contributed by atoms with E-state index in [2.05, 4.69) is 0 Å². The first-order valence-corrected chi connectivity index (χ1v) is 5.98. The minimum absolute atomic E-state index is 0.182. The highest BCUT2D eigenvalue weighted by Crippen LogP contribution is 2.10. The molecule has 0 rings (SSSR count). The molecule has 4 amide bonds. The lowest BCUT2D eigenvalue weighted by atomic mass is 10.1. The van der Waals surface area contributed by atoms with E-state index in [1.165, 1.54) is 13.8 Å². The fourth-order valence-corrected chi connectivity index (χ4v) is 1.80. The Morgan fingerprint density at radius 2 is 1.59 bits per heavy atom. The molecule has 0 saturated heterocycles. The van der Waals surface area contributed by atoms with E-state index in [9.17, 15) is 14.4 Å². The first-order chi connectivity index (χ1) is 7.86. The van der Waals surface area contributed by atoms with Crippen LogP contribution < -0.4 is 0 Å². The van der Waals surface area contributed by atoms with Crippen LogP contribution in [0.1, 0.15) is 47.5 Å². The molecule has 98 valence electrons. The van der Waals surface area contributed by atoms with Crippen LogP contribution in [-0.2, 0) is 9.59 Å². The normalized spacial score (nSPS) is 11.8. The van der Waals surface area contributed by atoms with Crippen LogP contribution in [0.5, 0.6) is 0 Å². The van der Waals surface area contributed by atoms with Crippen LogP contribution in [0.15, 0.2) is 0 Å². The summed E-state index contributed by atoms with van der Waals surface area (Å²) in [6.45, 7) is 8.46. The Labute approximate surface area is 103 Å². The number of nitrogens with zero attached hydrogens (tertiary/aromatic N) is 2. The van der Waals surface area contributed by atoms with E-state index < -0.39 is 6.03 Å². The number of imide groups is 2. The predicted molar refractivity (Wildman–Crippen MR) is 65.3 cm³/mol. The lowest BCUT2D eigenvalue weighted by Crippen LogP contribution is -2.50. The highest BCUT2D eigenvalue weighted by Gasteiger charge is 2.29. The molecule has 0 aliphatic rings. The van der Waals surface area contributed by atoms with Gasteiger partial charge in [-0.25, -0.2) is 4.79 Å². The molecule has 0 spiro atoms. The Kier molecular flexibility index (Phi) is 6.46. The number of carbonyl (C=O) groups excluding carboxylic acids is 3. The standard InChI is InChI=1S/C12H22N2O3/c1-6-8-9(3)14(11(5)16)12(17)13(7-2)10(4)15/h9H,6-8H2,1-5H3. The lowest BCUT2D eigenvalue weighted by Gasteiger charge is -2.30. The molecule has 1 atom stereocenters. The monoisotopic (exact) mass is 242 g/mol. The molecule has 0 aliphatic carbocycles. The van der Waals surface area contributed by atoms with Crippen molar-refractivity contribution in [2.45, 2.75) is 53.5 Å². The van der Waals surface area contributed by atoms with E-state index in [1.54, 1.807) is 6.92 Å². The molecular weight excluding hydrogens is 220 g/mol. The fourth-order valence-electron chi connectivity index (χ4n) is 1.80. The highest BCUT2D eigenvalue weighted by atomic mass is 16.2. The summed E-state index contributed by atoms with van der Waals surface area (Å²) in [5.74, 6) is -0.664. The summed E-state index contributed by atoms with van der Waals surface area (Å²) >= 11 is 0. The molecule has 17 heavy (non-hydrogen) atoms. The topological polar surface area (TPSA) is 57.7 Å². The van der Waals surface area contributed by atoms with Crippen molar-refractivity contribution in [1.29, 1.82) is 0 Å². The third-order valence-electron chi connectivity index (χ3n) is 2.62. The average Bonchev–Trinajstić information content (AvgIpc) is 2.17. The molecule has 0 aromatic heterocycles. The second-order valence-electron chi connectivity index (χ2n) is 4.07. The van der Waals surface area contributed by atoms with Crippen LogP contribution in [0.4, 0.5) is 4.79 Å². The van der Waals surface area contributed by atoms with Gasteiger partial charge in [0, 0.05) is 26.4 Å². The van der Waals surface area contributed by atoms with Gasteiger partial charge in [0.15, 0.2) is 0 Å². The minimum atomic E-state index is -0.520. The number of amides is 4.